The Morgan fingerprint density at radius 3 is 2.60 bits per heavy atom. The van der Waals surface area contributed by atoms with E-state index >= 15 is 0 Å². The Kier molecular flexibility index (Phi) is 3.35. The lowest BCUT2D eigenvalue weighted by atomic mass is 10.1. The fraction of sp³-hybridized carbons (Fsp3) is 0.0909. The highest BCUT2D eigenvalue weighted by Crippen LogP contribution is 2.29. The van der Waals surface area contributed by atoms with Crippen LogP contribution in [0.3, 0.4) is 0 Å². The van der Waals surface area contributed by atoms with Crippen LogP contribution in [-0.2, 0) is 6.18 Å². The predicted octanol–water partition coefficient (Wildman–Crippen LogP) is 2.12. The summed E-state index contributed by atoms with van der Waals surface area (Å²) in [5.41, 5.74) is 4.37. The van der Waals surface area contributed by atoms with Crippen LogP contribution in [0.15, 0.2) is 35.7 Å². The van der Waals surface area contributed by atoms with E-state index in [0.29, 0.717) is 6.20 Å². The van der Waals surface area contributed by atoms with E-state index in [1.807, 2.05) is 0 Å². The summed E-state index contributed by atoms with van der Waals surface area (Å²) in [7, 11) is 0. The van der Waals surface area contributed by atoms with Gasteiger partial charge >= 0.3 is 6.18 Å². The van der Waals surface area contributed by atoms with E-state index < -0.39 is 23.4 Å². The van der Waals surface area contributed by atoms with Crippen LogP contribution < -0.4 is 5.73 Å². The second-order valence-electron chi connectivity index (χ2n) is 3.82. The number of halogens is 4. The van der Waals surface area contributed by atoms with E-state index in [0.717, 1.165) is 23.0 Å². The zero-order chi connectivity index (χ0) is 14.9. The maximum Gasteiger partial charge on any atom is 0.419 e. The van der Waals surface area contributed by atoms with Crippen molar-refractivity contribution in [2.24, 2.45) is 10.9 Å². The minimum absolute atomic E-state index is 0.0530. The Balaban J connectivity index is 2.56. The summed E-state index contributed by atoms with van der Waals surface area (Å²) in [5.74, 6) is -1.12. The van der Waals surface area contributed by atoms with E-state index in [4.69, 9.17) is 10.9 Å². The lowest BCUT2D eigenvalue weighted by Crippen LogP contribution is -2.17. The molecule has 0 saturated heterocycles. The van der Waals surface area contributed by atoms with Crippen LogP contribution in [0.5, 0.6) is 0 Å². The number of hydrogen-bond donors (Lipinski definition) is 2. The normalized spacial score (nSPS) is 12.7. The molecule has 0 saturated carbocycles. The zero-order valence-electron chi connectivity index (χ0n) is 9.76. The SMILES string of the molecule is NC(=NO)c1cc(F)ccc1-n1cc(C(F)(F)F)cn1. The first kappa shape index (κ1) is 13.8. The topological polar surface area (TPSA) is 76.4 Å². The van der Waals surface area contributed by atoms with Gasteiger partial charge in [0, 0.05) is 11.8 Å². The van der Waals surface area contributed by atoms with Crippen LogP contribution >= 0.6 is 0 Å². The minimum atomic E-state index is -4.55. The Morgan fingerprint density at radius 1 is 1.35 bits per heavy atom. The van der Waals surface area contributed by atoms with Gasteiger partial charge in [-0.3, -0.25) is 0 Å². The smallest absolute Gasteiger partial charge is 0.409 e. The molecule has 1 heterocycles. The Labute approximate surface area is 109 Å². The highest BCUT2D eigenvalue weighted by atomic mass is 19.4. The summed E-state index contributed by atoms with van der Waals surface area (Å²) in [6.45, 7) is 0. The highest BCUT2D eigenvalue weighted by molar-refractivity contribution is 6.00. The number of benzene rings is 1. The van der Waals surface area contributed by atoms with Crippen molar-refractivity contribution >= 4 is 5.84 Å². The molecule has 9 heteroatoms. The van der Waals surface area contributed by atoms with Crippen molar-refractivity contribution in [3.05, 3.63) is 47.5 Å². The summed E-state index contributed by atoms with van der Waals surface area (Å²) in [6.07, 6.45) is -3.20. The number of rotatable bonds is 2. The van der Waals surface area contributed by atoms with Crippen LogP contribution in [0.1, 0.15) is 11.1 Å². The van der Waals surface area contributed by atoms with Crippen molar-refractivity contribution in [1.29, 1.82) is 0 Å². The first-order valence-corrected chi connectivity index (χ1v) is 5.22. The van der Waals surface area contributed by atoms with Gasteiger partial charge in [0.2, 0.25) is 0 Å². The molecule has 2 rings (SSSR count). The molecule has 20 heavy (non-hydrogen) atoms. The number of aromatic nitrogens is 2. The van der Waals surface area contributed by atoms with E-state index in [1.54, 1.807) is 0 Å². The molecular formula is C11H8F4N4O. The van der Waals surface area contributed by atoms with Gasteiger partial charge in [-0.1, -0.05) is 5.16 Å². The molecule has 0 aliphatic carbocycles. The van der Waals surface area contributed by atoms with Gasteiger partial charge in [-0.25, -0.2) is 9.07 Å². The molecule has 0 spiro atoms. The molecule has 0 amide bonds. The van der Waals surface area contributed by atoms with Gasteiger partial charge in [-0.2, -0.15) is 18.3 Å². The Hall–Kier alpha value is -2.58. The van der Waals surface area contributed by atoms with Crippen molar-refractivity contribution in [3.8, 4) is 5.69 Å². The quantitative estimate of drug-likeness (QED) is 0.292. The van der Waals surface area contributed by atoms with Gasteiger partial charge in [0.15, 0.2) is 5.84 Å². The maximum absolute atomic E-state index is 13.2. The number of amidine groups is 1. The van der Waals surface area contributed by atoms with Crippen molar-refractivity contribution in [2.45, 2.75) is 6.18 Å². The molecule has 106 valence electrons. The molecule has 1 aromatic carbocycles. The molecule has 0 bridgehead atoms. The average molecular weight is 288 g/mol. The molecular weight excluding hydrogens is 280 g/mol. The standard InChI is InChI=1S/C11H8F4N4O/c12-7-1-2-9(8(3-7)10(16)18-20)19-5-6(4-17-19)11(13,14)15/h1-5,20H,(H2,16,18). The molecule has 0 aliphatic rings. The van der Waals surface area contributed by atoms with Crippen molar-refractivity contribution in [3.63, 3.8) is 0 Å². The third-order valence-corrected chi connectivity index (χ3v) is 2.50. The first-order chi connectivity index (χ1) is 9.32. The highest BCUT2D eigenvalue weighted by Gasteiger charge is 2.32. The molecule has 3 N–H and O–H groups in total. The average Bonchev–Trinajstić information content (AvgIpc) is 2.87. The van der Waals surface area contributed by atoms with Crippen molar-refractivity contribution < 1.29 is 22.8 Å². The maximum atomic E-state index is 13.2. The Morgan fingerprint density at radius 2 is 2.05 bits per heavy atom. The molecule has 0 atom stereocenters. The number of nitrogens with zero attached hydrogens (tertiary/aromatic N) is 3. The van der Waals surface area contributed by atoms with E-state index in [9.17, 15) is 17.6 Å². The molecule has 1 aromatic heterocycles. The second kappa shape index (κ2) is 4.83. The van der Waals surface area contributed by atoms with Gasteiger partial charge in [0.1, 0.15) is 5.82 Å². The minimum Gasteiger partial charge on any atom is -0.409 e. The fourth-order valence-electron chi connectivity index (χ4n) is 1.57. The van der Waals surface area contributed by atoms with Crippen LogP contribution in [0.4, 0.5) is 17.6 Å². The predicted molar refractivity (Wildman–Crippen MR) is 61.0 cm³/mol. The zero-order valence-corrected chi connectivity index (χ0v) is 9.76. The van der Waals surface area contributed by atoms with Crippen molar-refractivity contribution in [2.75, 3.05) is 0 Å². The lowest BCUT2D eigenvalue weighted by Gasteiger charge is -2.08. The molecule has 0 fully saturated rings. The van der Waals surface area contributed by atoms with Crippen LogP contribution in [0.25, 0.3) is 5.69 Å². The van der Waals surface area contributed by atoms with E-state index in [2.05, 4.69) is 10.3 Å². The van der Waals surface area contributed by atoms with Crippen molar-refractivity contribution in [1.82, 2.24) is 9.78 Å². The third kappa shape index (κ3) is 2.56. The van der Waals surface area contributed by atoms with Crippen LogP contribution in [0, 0.1) is 5.82 Å². The molecule has 5 nitrogen and oxygen atoms in total. The molecule has 2 aromatic rings. The van der Waals surface area contributed by atoms with Gasteiger partial charge < -0.3 is 10.9 Å². The van der Waals surface area contributed by atoms with Gasteiger partial charge in [0.25, 0.3) is 0 Å². The van der Waals surface area contributed by atoms with Gasteiger partial charge in [-0.05, 0) is 18.2 Å². The molecule has 0 radical (unpaired) electrons. The number of hydrogen-bond acceptors (Lipinski definition) is 3. The fourth-order valence-corrected chi connectivity index (χ4v) is 1.57. The number of oxime groups is 1. The third-order valence-electron chi connectivity index (χ3n) is 2.50. The Bertz CT molecular complexity index is 663. The van der Waals surface area contributed by atoms with E-state index in [-0.39, 0.29) is 11.3 Å². The summed E-state index contributed by atoms with van der Waals surface area (Å²) < 4.78 is 51.5. The first-order valence-electron chi connectivity index (χ1n) is 5.22. The largest absolute Gasteiger partial charge is 0.419 e. The monoisotopic (exact) mass is 288 g/mol. The van der Waals surface area contributed by atoms with Crippen LogP contribution in [0.2, 0.25) is 0 Å². The number of nitrogens with two attached hydrogens (primary N) is 1. The number of alkyl halides is 3. The van der Waals surface area contributed by atoms with Gasteiger partial charge in [0.05, 0.1) is 17.4 Å². The lowest BCUT2D eigenvalue weighted by molar-refractivity contribution is -0.137. The summed E-state index contributed by atoms with van der Waals surface area (Å²) in [6, 6.07) is 3.13. The summed E-state index contributed by atoms with van der Waals surface area (Å²) in [4.78, 5) is 0. The van der Waals surface area contributed by atoms with Gasteiger partial charge in [-0.15, -0.1) is 0 Å². The van der Waals surface area contributed by atoms with Crippen LogP contribution in [-0.4, -0.2) is 20.8 Å². The summed E-state index contributed by atoms with van der Waals surface area (Å²) in [5, 5.41) is 14.9. The summed E-state index contributed by atoms with van der Waals surface area (Å²) >= 11 is 0. The second-order valence-corrected chi connectivity index (χ2v) is 3.82. The molecule has 0 aliphatic heterocycles. The van der Waals surface area contributed by atoms with E-state index in [1.165, 1.54) is 6.07 Å². The molecule has 0 unspecified atom stereocenters.